The summed E-state index contributed by atoms with van der Waals surface area (Å²) in [6, 6.07) is 9.36. The first-order valence-corrected chi connectivity index (χ1v) is 10.9. The van der Waals surface area contributed by atoms with Crippen molar-refractivity contribution >= 4 is 5.91 Å². The first-order valence-electron chi connectivity index (χ1n) is 10.9. The number of nitrogens with zero attached hydrogens (tertiary/aromatic N) is 3. The van der Waals surface area contributed by atoms with Crippen LogP contribution in [0.5, 0.6) is 5.75 Å². The van der Waals surface area contributed by atoms with Gasteiger partial charge in [0, 0.05) is 23.7 Å². The quantitative estimate of drug-likeness (QED) is 0.568. The van der Waals surface area contributed by atoms with E-state index in [-0.39, 0.29) is 23.6 Å². The van der Waals surface area contributed by atoms with Crippen LogP contribution in [0.15, 0.2) is 47.0 Å². The van der Waals surface area contributed by atoms with Crippen molar-refractivity contribution < 1.29 is 27.1 Å². The van der Waals surface area contributed by atoms with Crippen molar-refractivity contribution in [1.82, 2.24) is 20.2 Å². The van der Waals surface area contributed by atoms with E-state index in [1.165, 1.54) is 12.1 Å². The van der Waals surface area contributed by atoms with Crippen molar-refractivity contribution in [2.75, 3.05) is 26.7 Å². The van der Waals surface area contributed by atoms with Gasteiger partial charge in [0.25, 0.3) is 5.91 Å². The molecule has 180 valence electrons. The normalized spacial score (nSPS) is 16.9. The van der Waals surface area contributed by atoms with Gasteiger partial charge in [0.15, 0.2) is 6.61 Å². The van der Waals surface area contributed by atoms with Crippen molar-refractivity contribution in [3.8, 4) is 28.6 Å². The van der Waals surface area contributed by atoms with Crippen LogP contribution >= 0.6 is 0 Å². The Morgan fingerprint density at radius 1 is 1.24 bits per heavy atom. The van der Waals surface area contributed by atoms with E-state index in [0.29, 0.717) is 28.3 Å². The first-order chi connectivity index (χ1) is 16.2. The maximum atomic E-state index is 13.1. The lowest BCUT2D eigenvalue weighted by molar-refractivity contribution is -0.153. The van der Waals surface area contributed by atoms with Crippen molar-refractivity contribution in [3.05, 3.63) is 53.9 Å². The Bertz CT molecular complexity index is 1150. The zero-order valence-corrected chi connectivity index (χ0v) is 18.9. The van der Waals surface area contributed by atoms with Gasteiger partial charge in [-0.1, -0.05) is 0 Å². The minimum Gasteiger partial charge on any atom is -0.484 e. The predicted molar refractivity (Wildman–Crippen MR) is 119 cm³/mol. The van der Waals surface area contributed by atoms with Crippen molar-refractivity contribution in [2.24, 2.45) is 0 Å². The lowest BCUT2D eigenvalue weighted by Crippen LogP contribution is -2.46. The number of halogens is 3. The van der Waals surface area contributed by atoms with E-state index in [2.05, 4.69) is 20.2 Å². The number of hydrogen-bond donors (Lipinski definition) is 1. The molecule has 0 radical (unpaired) electrons. The second kappa shape index (κ2) is 9.84. The summed E-state index contributed by atoms with van der Waals surface area (Å²) < 4.78 is 47.6. The molecule has 0 saturated carbocycles. The largest absolute Gasteiger partial charge is 0.484 e. The van der Waals surface area contributed by atoms with Crippen LogP contribution in [-0.4, -0.2) is 59.7 Å². The zero-order valence-electron chi connectivity index (χ0n) is 18.9. The number of likely N-dealkylation sites (N-methyl/N-ethyl adjacent to an activating group) is 1. The molecule has 1 amide bonds. The molecule has 0 spiro atoms. The number of pyridine rings is 1. The van der Waals surface area contributed by atoms with E-state index in [1.807, 2.05) is 7.05 Å². The van der Waals surface area contributed by atoms with Gasteiger partial charge >= 0.3 is 6.18 Å². The fraction of sp³-hybridized carbons (Fsp3) is 0.375. The highest BCUT2D eigenvalue weighted by Gasteiger charge is 2.28. The molecule has 34 heavy (non-hydrogen) atoms. The number of piperidine rings is 1. The number of nitrogens with one attached hydrogen (secondary N) is 1. The second-order valence-corrected chi connectivity index (χ2v) is 8.41. The fourth-order valence-electron chi connectivity index (χ4n) is 3.83. The average Bonchev–Trinajstić information content (AvgIpc) is 3.24. The van der Waals surface area contributed by atoms with E-state index in [9.17, 15) is 18.0 Å². The van der Waals surface area contributed by atoms with E-state index in [0.717, 1.165) is 25.9 Å². The third-order valence-corrected chi connectivity index (χ3v) is 5.44. The summed E-state index contributed by atoms with van der Waals surface area (Å²) in [5, 5.41) is 3.08. The number of amides is 1. The molecule has 1 N–H and O–H groups in total. The molecule has 7 nitrogen and oxygen atoms in total. The molecule has 1 aliphatic rings. The molecule has 10 heteroatoms. The molecule has 3 heterocycles. The summed E-state index contributed by atoms with van der Waals surface area (Å²) in [6.45, 7) is 2.16. The van der Waals surface area contributed by atoms with Gasteiger partial charge in [-0.05, 0) is 69.8 Å². The number of carbonyl (C=O) groups is 1. The van der Waals surface area contributed by atoms with Gasteiger partial charge in [0.2, 0.25) is 5.89 Å². The van der Waals surface area contributed by atoms with Crippen LogP contribution in [0.3, 0.4) is 0 Å². The third kappa shape index (κ3) is 6.13. The number of ether oxygens (including phenoxy) is 1. The van der Waals surface area contributed by atoms with Crippen LogP contribution in [0, 0.1) is 6.92 Å². The third-order valence-electron chi connectivity index (χ3n) is 5.44. The molecule has 1 fully saturated rings. The Kier molecular flexibility index (Phi) is 6.87. The number of carbonyl (C=O) groups excluding carboxylic acids is 1. The summed E-state index contributed by atoms with van der Waals surface area (Å²) in [5.41, 5.74) is 1.84. The van der Waals surface area contributed by atoms with Gasteiger partial charge in [-0.15, -0.1) is 0 Å². The van der Waals surface area contributed by atoms with Crippen LogP contribution in [0.25, 0.3) is 22.8 Å². The molecular formula is C24H25F3N4O3. The summed E-state index contributed by atoms with van der Waals surface area (Å²) in [5.74, 6) is 0.721. The number of oxazole rings is 1. The molecule has 3 aromatic rings. The average molecular weight is 474 g/mol. The molecule has 1 aliphatic heterocycles. The first kappa shape index (κ1) is 23.7. The topological polar surface area (TPSA) is 80.5 Å². The van der Waals surface area contributed by atoms with Gasteiger partial charge < -0.3 is 19.4 Å². The molecule has 2 aromatic heterocycles. The minimum absolute atomic E-state index is 0.0420. The van der Waals surface area contributed by atoms with E-state index >= 15 is 0 Å². The number of alkyl halides is 3. The molecule has 4 rings (SSSR count). The molecule has 1 unspecified atom stereocenters. The van der Waals surface area contributed by atoms with Gasteiger partial charge in [0.05, 0.1) is 11.9 Å². The molecule has 0 aliphatic carbocycles. The maximum Gasteiger partial charge on any atom is 0.422 e. The number of aromatic nitrogens is 2. The summed E-state index contributed by atoms with van der Waals surface area (Å²) in [4.78, 5) is 24.1. The lowest BCUT2D eigenvalue weighted by Gasteiger charge is -2.30. The predicted octanol–water partition coefficient (Wildman–Crippen LogP) is 4.48. The SMILES string of the molecule is Cc1cnc(-c2cc(C(=O)NC3CCCN(C)C3)cc(-c3ccc(OCC(F)(F)F)cc3)n2)o1. The number of aryl methyl sites for hydroxylation is 1. The Balaban J connectivity index is 1.62. The van der Waals surface area contributed by atoms with E-state index in [4.69, 9.17) is 9.15 Å². The molecular weight excluding hydrogens is 449 g/mol. The Morgan fingerprint density at radius 2 is 1.97 bits per heavy atom. The number of rotatable bonds is 6. The van der Waals surface area contributed by atoms with Gasteiger partial charge in [-0.3, -0.25) is 4.79 Å². The van der Waals surface area contributed by atoms with Crippen LogP contribution in [-0.2, 0) is 0 Å². The standard InChI is InChI=1S/C24H25F3N4O3/c1-15-12-28-23(34-15)21-11-17(22(32)29-18-4-3-9-31(2)13-18)10-20(30-21)16-5-7-19(8-6-16)33-14-24(25,26)27/h5-8,10-12,18H,3-4,9,13-14H2,1-2H3,(H,29,32). The van der Waals surface area contributed by atoms with Crippen LogP contribution in [0.4, 0.5) is 13.2 Å². The van der Waals surface area contributed by atoms with Gasteiger partial charge in [-0.2, -0.15) is 13.2 Å². The van der Waals surface area contributed by atoms with Crippen molar-refractivity contribution in [3.63, 3.8) is 0 Å². The Labute approximate surface area is 195 Å². The van der Waals surface area contributed by atoms with E-state index < -0.39 is 12.8 Å². The fourth-order valence-corrected chi connectivity index (χ4v) is 3.83. The van der Waals surface area contributed by atoms with Crippen LogP contribution in [0.1, 0.15) is 29.0 Å². The highest BCUT2D eigenvalue weighted by molar-refractivity contribution is 5.96. The number of hydrogen-bond acceptors (Lipinski definition) is 6. The summed E-state index contributed by atoms with van der Waals surface area (Å²) in [6.07, 6.45) is -0.946. The molecule has 0 bridgehead atoms. The second-order valence-electron chi connectivity index (χ2n) is 8.41. The Morgan fingerprint density at radius 3 is 2.62 bits per heavy atom. The molecule has 1 saturated heterocycles. The Hall–Kier alpha value is -3.40. The summed E-state index contributed by atoms with van der Waals surface area (Å²) in [7, 11) is 2.02. The number of likely N-dealkylation sites (tertiary alicyclic amines) is 1. The highest BCUT2D eigenvalue weighted by Crippen LogP contribution is 2.27. The highest BCUT2D eigenvalue weighted by atomic mass is 19.4. The minimum atomic E-state index is -4.42. The molecule has 1 aromatic carbocycles. The summed E-state index contributed by atoms with van der Waals surface area (Å²) >= 11 is 0. The van der Waals surface area contributed by atoms with Crippen molar-refractivity contribution in [1.29, 1.82) is 0 Å². The van der Waals surface area contributed by atoms with Crippen LogP contribution in [0.2, 0.25) is 0 Å². The zero-order chi connectivity index (χ0) is 24.3. The van der Waals surface area contributed by atoms with Gasteiger partial charge in [0.1, 0.15) is 17.2 Å². The van der Waals surface area contributed by atoms with Gasteiger partial charge in [-0.25, -0.2) is 9.97 Å². The van der Waals surface area contributed by atoms with Crippen molar-refractivity contribution in [2.45, 2.75) is 32.0 Å². The lowest BCUT2D eigenvalue weighted by atomic mass is 10.0. The number of benzene rings is 1. The maximum absolute atomic E-state index is 13.1. The molecule has 1 atom stereocenters. The van der Waals surface area contributed by atoms with Crippen LogP contribution < -0.4 is 10.1 Å². The smallest absolute Gasteiger partial charge is 0.422 e. The van der Waals surface area contributed by atoms with E-state index in [1.54, 1.807) is 37.4 Å². The monoisotopic (exact) mass is 474 g/mol.